The third-order valence-corrected chi connectivity index (χ3v) is 4.21. The van der Waals surface area contributed by atoms with Crippen molar-refractivity contribution in [2.45, 2.75) is 38.8 Å². The fraction of sp³-hybridized carbons (Fsp3) is 0.389. The van der Waals surface area contributed by atoms with Crippen molar-refractivity contribution < 1.29 is 18.3 Å². The lowest BCUT2D eigenvalue weighted by molar-refractivity contribution is -0.0513. The third-order valence-electron chi connectivity index (χ3n) is 4.21. The van der Waals surface area contributed by atoms with Crippen LogP contribution in [0.3, 0.4) is 0 Å². The molecule has 26 heavy (non-hydrogen) atoms. The van der Waals surface area contributed by atoms with Crippen molar-refractivity contribution >= 4 is 11.6 Å². The van der Waals surface area contributed by atoms with E-state index in [1.54, 1.807) is 12.1 Å². The summed E-state index contributed by atoms with van der Waals surface area (Å²) >= 11 is 0. The number of nitriles is 1. The van der Waals surface area contributed by atoms with E-state index in [2.05, 4.69) is 21.0 Å². The van der Waals surface area contributed by atoms with Gasteiger partial charge < -0.3 is 14.0 Å². The Kier molecular flexibility index (Phi) is 5.46. The van der Waals surface area contributed by atoms with Crippen LogP contribution in [0.15, 0.2) is 18.2 Å². The quantitative estimate of drug-likeness (QED) is 0.761. The fourth-order valence-corrected chi connectivity index (χ4v) is 3.01. The molecule has 3 rings (SSSR count). The molecule has 136 valence electrons. The molecule has 0 radical (unpaired) electrons. The molecule has 0 fully saturated rings. The minimum Gasteiger partial charge on any atom is -0.493 e. The summed E-state index contributed by atoms with van der Waals surface area (Å²) in [4.78, 5) is 0. The highest BCUT2D eigenvalue weighted by atomic mass is 19.3. The summed E-state index contributed by atoms with van der Waals surface area (Å²) < 4.78 is 37.2. The molecule has 2 heterocycles. The molecule has 1 aliphatic rings. The molecule has 8 heteroatoms. The van der Waals surface area contributed by atoms with Crippen molar-refractivity contribution in [2.24, 2.45) is 0 Å². The first-order valence-corrected chi connectivity index (χ1v) is 8.30. The number of fused-ring (bicyclic) bond motifs is 1. The molecule has 1 aromatic heterocycles. The van der Waals surface area contributed by atoms with Crippen LogP contribution in [0.5, 0.6) is 11.5 Å². The predicted molar refractivity (Wildman–Crippen MR) is 90.7 cm³/mol. The largest absolute Gasteiger partial charge is 0.493 e. The van der Waals surface area contributed by atoms with Crippen LogP contribution in [0, 0.1) is 11.3 Å². The molecule has 2 aromatic rings. The van der Waals surface area contributed by atoms with Gasteiger partial charge in [-0.15, -0.1) is 10.2 Å². The number of aryl methyl sites for hydroxylation is 1. The molecule has 1 aliphatic heterocycles. The van der Waals surface area contributed by atoms with Crippen molar-refractivity contribution in [1.82, 2.24) is 14.8 Å². The summed E-state index contributed by atoms with van der Waals surface area (Å²) in [5, 5.41) is 17.9. The Morgan fingerprint density at radius 2 is 2.15 bits per heavy atom. The number of rotatable bonds is 5. The van der Waals surface area contributed by atoms with E-state index in [-0.39, 0.29) is 17.1 Å². The maximum Gasteiger partial charge on any atom is 0.387 e. The van der Waals surface area contributed by atoms with Crippen molar-refractivity contribution in [1.29, 1.82) is 5.26 Å². The maximum absolute atomic E-state index is 12.8. The molecule has 0 N–H and O–H groups in total. The monoisotopic (exact) mass is 360 g/mol. The van der Waals surface area contributed by atoms with Crippen LogP contribution >= 0.6 is 0 Å². The van der Waals surface area contributed by atoms with Crippen LogP contribution < -0.4 is 9.47 Å². The van der Waals surface area contributed by atoms with Gasteiger partial charge in [0, 0.05) is 18.5 Å². The first kappa shape index (κ1) is 17.9. The standard InChI is InChI=1S/C18H18F2N4O2/c1-25-14-7-5-6-12(16(14)26-18(19)20)10-13(11-21)17-23-22-15-8-3-2-4-9-24(15)17/h5-7,10,18H,2-4,8-9H2,1H3. The first-order valence-electron chi connectivity index (χ1n) is 8.30. The topological polar surface area (TPSA) is 73.0 Å². The molecular formula is C18H18F2N4O2. The highest BCUT2D eigenvalue weighted by molar-refractivity contribution is 5.89. The van der Waals surface area contributed by atoms with Crippen LogP contribution in [0.4, 0.5) is 8.78 Å². The Bertz CT molecular complexity index is 855. The SMILES string of the molecule is COc1cccc(C=C(C#N)c2nnc3n2CCCCC3)c1OC(F)F. The zero-order chi connectivity index (χ0) is 18.5. The number of ether oxygens (including phenoxy) is 2. The second-order valence-electron chi connectivity index (χ2n) is 5.83. The van der Waals surface area contributed by atoms with Gasteiger partial charge in [0.15, 0.2) is 17.3 Å². The number of allylic oxidation sites excluding steroid dienone is 1. The number of alkyl halides is 2. The second-order valence-corrected chi connectivity index (χ2v) is 5.83. The van der Waals surface area contributed by atoms with Gasteiger partial charge >= 0.3 is 6.61 Å². The summed E-state index contributed by atoms with van der Waals surface area (Å²) in [5.41, 5.74) is 0.546. The number of nitrogens with zero attached hydrogens (tertiary/aromatic N) is 4. The highest BCUT2D eigenvalue weighted by Gasteiger charge is 2.20. The van der Waals surface area contributed by atoms with E-state index in [9.17, 15) is 14.0 Å². The van der Waals surface area contributed by atoms with Crippen molar-refractivity contribution in [2.75, 3.05) is 7.11 Å². The van der Waals surface area contributed by atoms with Gasteiger partial charge in [-0.3, -0.25) is 0 Å². The van der Waals surface area contributed by atoms with Crippen LogP contribution in [0.25, 0.3) is 11.6 Å². The van der Waals surface area contributed by atoms with E-state index >= 15 is 0 Å². The number of halogens is 2. The lowest BCUT2D eigenvalue weighted by Gasteiger charge is -2.13. The van der Waals surface area contributed by atoms with Crippen molar-refractivity contribution in [3.05, 3.63) is 35.4 Å². The van der Waals surface area contributed by atoms with Gasteiger partial charge in [-0.25, -0.2) is 0 Å². The molecule has 6 nitrogen and oxygen atoms in total. The molecule has 0 amide bonds. The number of hydrogen-bond donors (Lipinski definition) is 0. The number of aromatic nitrogens is 3. The normalized spacial score (nSPS) is 14.5. The molecule has 0 spiro atoms. The Balaban J connectivity index is 2.06. The van der Waals surface area contributed by atoms with Gasteiger partial charge in [0.05, 0.1) is 12.7 Å². The zero-order valence-corrected chi connectivity index (χ0v) is 14.3. The van der Waals surface area contributed by atoms with Gasteiger partial charge in [0.2, 0.25) is 0 Å². The zero-order valence-electron chi connectivity index (χ0n) is 14.3. The number of hydrogen-bond acceptors (Lipinski definition) is 5. The maximum atomic E-state index is 12.8. The third kappa shape index (κ3) is 3.67. The Labute approximate surface area is 149 Å². The van der Waals surface area contributed by atoms with E-state index in [0.29, 0.717) is 11.4 Å². The molecule has 0 atom stereocenters. The summed E-state index contributed by atoms with van der Waals surface area (Å²) in [7, 11) is 1.37. The van der Waals surface area contributed by atoms with Crippen LogP contribution in [0.2, 0.25) is 0 Å². The van der Waals surface area contributed by atoms with E-state index in [0.717, 1.165) is 38.1 Å². The van der Waals surface area contributed by atoms with Gasteiger partial charge in [0.1, 0.15) is 11.9 Å². The Morgan fingerprint density at radius 1 is 1.31 bits per heavy atom. The van der Waals surface area contributed by atoms with Crippen LogP contribution in [-0.2, 0) is 13.0 Å². The molecule has 1 aromatic carbocycles. The molecule has 0 bridgehead atoms. The van der Waals surface area contributed by atoms with Crippen LogP contribution in [-0.4, -0.2) is 28.5 Å². The lowest BCUT2D eigenvalue weighted by atomic mass is 10.1. The minimum atomic E-state index is -3.01. The molecule has 0 unspecified atom stereocenters. The lowest BCUT2D eigenvalue weighted by Crippen LogP contribution is -2.06. The average molecular weight is 360 g/mol. The summed E-state index contributed by atoms with van der Waals surface area (Å²) in [5.74, 6) is 1.33. The van der Waals surface area contributed by atoms with E-state index < -0.39 is 6.61 Å². The minimum absolute atomic E-state index is 0.117. The predicted octanol–water partition coefficient (Wildman–Crippen LogP) is 3.68. The van der Waals surface area contributed by atoms with Crippen molar-refractivity contribution in [3.63, 3.8) is 0 Å². The summed E-state index contributed by atoms with van der Waals surface area (Å²) in [6.07, 6.45) is 5.39. The summed E-state index contributed by atoms with van der Waals surface area (Å²) in [6, 6.07) is 6.84. The number of methoxy groups -OCH3 is 1. The van der Waals surface area contributed by atoms with Gasteiger partial charge in [-0.1, -0.05) is 18.6 Å². The molecule has 0 saturated heterocycles. The fourth-order valence-electron chi connectivity index (χ4n) is 3.01. The smallest absolute Gasteiger partial charge is 0.387 e. The van der Waals surface area contributed by atoms with Gasteiger partial charge in [-0.05, 0) is 25.0 Å². The summed E-state index contributed by atoms with van der Waals surface area (Å²) in [6.45, 7) is -2.27. The highest BCUT2D eigenvalue weighted by Crippen LogP contribution is 2.35. The molecule has 0 aliphatic carbocycles. The Morgan fingerprint density at radius 3 is 2.88 bits per heavy atom. The second kappa shape index (κ2) is 7.95. The van der Waals surface area contributed by atoms with E-state index in [1.165, 1.54) is 19.3 Å². The van der Waals surface area contributed by atoms with E-state index in [1.807, 2.05) is 4.57 Å². The number of para-hydroxylation sites is 1. The van der Waals surface area contributed by atoms with Gasteiger partial charge in [-0.2, -0.15) is 14.0 Å². The van der Waals surface area contributed by atoms with Crippen molar-refractivity contribution in [3.8, 4) is 17.6 Å². The first-order chi connectivity index (χ1) is 12.6. The molecular weight excluding hydrogens is 342 g/mol. The van der Waals surface area contributed by atoms with Gasteiger partial charge in [0.25, 0.3) is 0 Å². The molecule has 0 saturated carbocycles. The van der Waals surface area contributed by atoms with E-state index in [4.69, 9.17) is 4.74 Å². The average Bonchev–Trinajstić information content (AvgIpc) is 2.88. The Hall–Kier alpha value is -2.95. The van der Waals surface area contributed by atoms with Crippen LogP contribution in [0.1, 0.15) is 36.5 Å². The number of benzene rings is 1.